The average molecular weight is 815 g/mol. The molecule has 12 rings (SSSR count). The van der Waals surface area contributed by atoms with Crippen LogP contribution in [0, 0.1) is 0 Å². The van der Waals surface area contributed by atoms with E-state index in [9.17, 15) is 0 Å². The number of fused-ring (bicyclic) bond motifs is 6. The smallest absolute Gasteiger partial charge is 0.0546 e. The highest BCUT2D eigenvalue weighted by Crippen LogP contribution is 2.50. The van der Waals surface area contributed by atoms with E-state index in [1.165, 1.54) is 82.3 Å². The van der Waals surface area contributed by atoms with Crippen molar-refractivity contribution in [1.82, 2.24) is 4.57 Å². The first-order valence-electron chi connectivity index (χ1n) is 22.0. The van der Waals surface area contributed by atoms with E-state index in [0.29, 0.717) is 0 Å². The summed E-state index contributed by atoms with van der Waals surface area (Å²) in [5, 5.41) is 7.32. The number of benzene rings is 11. The van der Waals surface area contributed by atoms with E-state index in [1.54, 1.807) is 0 Å². The summed E-state index contributed by atoms with van der Waals surface area (Å²) in [5.74, 6) is 0. The number of rotatable bonds is 8. The van der Waals surface area contributed by atoms with Crippen LogP contribution >= 0.6 is 0 Å². The van der Waals surface area contributed by atoms with Gasteiger partial charge in [0.15, 0.2) is 0 Å². The van der Waals surface area contributed by atoms with Crippen molar-refractivity contribution in [2.24, 2.45) is 0 Å². The van der Waals surface area contributed by atoms with Gasteiger partial charge in [-0.3, -0.25) is 0 Å². The Bertz CT molecular complexity index is 3660. The molecular formula is C62H42N2. The largest absolute Gasteiger partial charge is 0.309 e. The summed E-state index contributed by atoms with van der Waals surface area (Å²) in [4.78, 5) is 2.52. The van der Waals surface area contributed by atoms with Crippen LogP contribution in [0.4, 0.5) is 17.1 Å². The molecule has 0 radical (unpaired) electrons. The number of anilines is 3. The summed E-state index contributed by atoms with van der Waals surface area (Å²) in [6.45, 7) is 0. The molecule has 0 N–H and O–H groups in total. The van der Waals surface area contributed by atoms with E-state index in [0.717, 1.165) is 28.3 Å². The van der Waals surface area contributed by atoms with Crippen molar-refractivity contribution in [3.8, 4) is 50.2 Å². The highest BCUT2D eigenvalue weighted by atomic mass is 15.1. The fraction of sp³-hybridized carbons (Fsp3) is 0. The topological polar surface area (TPSA) is 8.17 Å². The third kappa shape index (κ3) is 6.35. The predicted molar refractivity (Wildman–Crippen MR) is 272 cm³/mol. The molecule has 0 aliphatic heterocycles. The molecular weight excluding hydrogens is 773 g/mol. The van der Waals surface area contributed by atoms with Gasteiger partial charge in [-0.15, -0.1) is 0 Å². The summed E-state index contributed by atoms with van der Waals surface area (Å²) >= 11 is 0. The van der Waals surface area contributed by atoms with Gasteiger partial charge in [0, 0.05) is 33.1 Å². The van der Waals surface area contributed by atoms with Crippen LogP contribution in [0.25, 0.3) is 93.5 Å². The zero-order valence-corrected chi connectivity index (χ0v) is 35.1. The molecule has 64 heavy (non-hydrogen) atoms. The second kappa shape index (κ2) is 15.8. The van der Waals surface area contributed by atoms with E-state index in [4.69, 9.17) is 0 Å². The number of para-hydroxylation sites is 2. The zero-order chi connectivity index (χ0) is 42.4. The molecule has 0 aliphatic rings. The minimum absolute atomic E-state index is 1.08. The third-order valence-electron chi connectivity index (χ3n) is 12.8. The maximum atomic E-state index is 2.52. The van der Waals surface area contributed by atoms with Gasteiger partial charge in [0.05, 0.1) is 22.4 Å². The Morgan fingerprint density at radius 3 is 1.61 bits per heavy atom. The minimum Gasteiger partial charge on any atom is -0.309 e. The molecule has 0 fully saturated rings. The summed E-state index contributed by atoms with van der Waals surface area (Å²) in [6.07, 6.45) is 0. The first-order valence-corrected chi connectivity index (χ1v) is 22.0. The first kappa shape index (κ1) is 37.3. The van der Waals surface area contributed by atoms with Crippen molar-refractivity contribution in [3.05, 3.63) is 255 Å². The van der Waals surface area contributed by atoms with Gasteiger partial charge in [0.1, 0.15) is 0 Å². The summed E-state index contributed by atoms with van der Waals surface area (Å²) in [7, 11) is 0. The fourth-order valence-corrected chi connectivity index (χ4v) is 9.90. The number of aromatic nitrogens is 1. The van der Waals surface area contributed by atoms with E-state index >= 15 is 0 Å². The molecule has 1 aromatic heterocycles. The number of hydrogen-bond acceptors (Lipinski definition) is 1. The van der Waals surface area contributed by atoms with Crippen LogP contribution in [-0.2, 0) is 0 Å². The minimum atomic E-state index is 1.08. The van der Waals surface area contributed by atoms with Crippen molar-refractivity contribution >= 4 is 60.4 Å². The van der Waals surface area contributed by atoms with Crippen molar-refractivity contribution in [2.75, 3.05) is 4.90 Å². The van der Waals surface area contributed by atoms with E-state index in [2.05, 4.69) is 264 Å². The molecule has 0 saturated heterocycles. The Morgan fingerprint density at radius 1 is 0.281 bits per heavy atom. The second-order valence-electron chi connectivity index (χ2n) is 16.4. The number of hydrogen-bond donors (Lipinski definition) is 0. The van der Waals surface area contributed by atoms with Crippen LogP contribution < -0.4 is 4.90 Å². The molecule has 0 unspecified atom stereocenters. The maximum Gasteiger partial charge on any atom is 0.0546 e. The van der Waals surface area contributed by atoms with Crippen LogP contribution in [0.5, 0.6) is 0 Å². The first-order chi connectivity index (χ1) is 31.8. The lowest BCUT2D eigenvalue weighted by molar-refractivity contribution is 1.18. The molecule has 0 bridgehead atoms. The monoisotopic (exact) mass is 814 g/mol. The van der Waals surface area contributed by atoms with Gasteiger partial charge in [-0.1, -0.05) is 200 Å². The quantitative estimate of drug-likeness (QED) is 0.139. The van der Waals surface area contributed by atoms with Crippen molar-refractivity contribution in [3.63, 3.8) is 0 Å². The summed E-state index contributed by atoms with van der Waals surface area (Å²) < 4.78 is 2.38. The second-order valence-corrected chi connectivity index (χ2v) is 16.4. The van der Waals surface area contributed by atoms with Crippen LogP contribution in [-0.4, -0.2) is 4.57 Å². The van der Waals surface area contributed by atoms with Crippen molar-refractivity contribution in [2.45, 2.75) is 0 Å². The van der Waals surface area contributed by atoms with Gasteiger partial charge in [0.25, 0.3) is 0 Å². The normalized spacial score (nSPS) is 11.4. The fourth-order valence-electron chi connectivity index (χ4n) is 9.90. The Balaban J connectivity index is 1.14. The zero-order valence-electron chi connectivity index (χ0n) is 35.1. The van der Waals surface area contributed by atoms with Gasteiger partial charge >= 0.3 is 0 Å². The Hall–Kier alpha value is -8.46. The number of nitrogens with zero attached hydrogens (tertiary/aromatic N) is 2. The van der Waals surface area contributed by atoms with Crippen LogP contribution in [0.2, 0.25) is 0 Å². The van der Waals surface area contributed by atoms with Gasteiger partial charge in [0.2, 0.25) is 0 Å². The molecule has 1 heterocycles. The molecule has 0 spiro atoms. The molecule has 2 heteroatoms. The molecule has 300 valence electrons. The Morgan fingerprint density at radius 2 is 0.828 bits per heavy atom. The van der Waals surface area contributed by atoms with Gasteiger partial charge < -0.3 is 9.47 Å². The van der Waals surface area contributed by atoms with Gasteiger partial charge in [-0.2, -0.15) is 0 Å². The molecule has 0 amide bonds. The van der Waals surface area contributed by atoms with E-state index in [1.807, 2.05) is 0 Å². The third-order valence-corrected chi connectivity index (χ3v) is 12.8. The SMILES string of the molecule is c1ccc(-c2ccccc2-c2c(-c3ccccc3)cccc2N(c2cccc(-c3ccc4c(c3)c3ccccc3n4-c3ccccc3)c2)c2cc3ccccc3c3ccccc23)cc1. The van der Waals surface area contributed by atoms with Crippen molar-refractivity contribution in [1.29, 1.82) is 0 Å². The highest BCUT2D eigenvalue weighted by Gasteiger charge is 2.25. The molecule has 0 atom stereocenters. The molecule has 0 aliphatic carbocycles. The van der Waals surface area contributed by atoms with E-state index < -0.39 is 0 Å². The van der Waals surface area contributed by atoms with Crippen molar-refractivity contribution < 1.29 is 0 Å². The lowest BCUT2D eigenvalue weighted by Gasteiger charge is -2.31. The molecule has 2 nitrogen and oxygen atoms in total. The standard InChI is InChI=1S/C62H42N2/c1-4-20-43(21-5-1)50-29-12-15-34-56(50)62-52(44-22-6-2-7-23-44)35-19-37-60(62)64(61-42-47-24-10-11-30-51(47)53-31-13-14-32-54(53)61)49-28-18-25-45(40-49)46-38-39-59-57(41-46)55-33-16-17-36-58(55)63(59)48-26-8-3-9-27-48/h1-42H. The van der Waals surface area contributed by atoms with Gasteiger partial charge in [-0.25, -0.2) is 0 Å². The molecule has 12 aromatic rings. The van der Waals surface area contributed by atoms with Crippen LogP contribution in [0.1, 0.15) is 0 Å². The lowest BCUT2D eigenvalue weighted by Crippen LogP contribution is -2.13. The maximum absolute atomic E-state index is 2.52. The molecule has 11 aromatic carbocycles. The average Bonchev–Trinajstić information content (AvgIpc) is 3.71. The summed E-state index contributed by atoms with van der Waals surface area (Å²) in [6, 6.07) is 92.9. The van der Waals surface area contributed by atoms with Crippen LogP contribution in [0.15, 0.2) is 255 Å². The van der Waals surface area contributed by atoms with Crippen LogP contribution in [0.3, 0.4) is 0 Å². The summed E-state index contributed by atoms with van der Waals surface area (Å²) in [5.41, 5.74) is 16.2. The molecule has 0 saturated carbocycles. The predicted octanol–water partition coefficient (Wildman–Crippen LogP) is 17.2. The Labute approximate surface area is 373 Å². The highest BCUT2D eigenvalue weighted by molar-refractivity contribution is 6.16. The van der Waals surface area contributed by atoms with Gasteiger partial charge in [-0.05, 0) is 110 Å². The van der Waals surface area contributed by atoms with E-state index in [-0.39, 0.29) is 0 Å². The lowest BCUT2D eigenvalue weighted by atomic mass is 9.87. The Kier molecular flexibility index (Phi) is 9.20.